The molecule has 2 saturated carbocycles. The van der Waals surface area contributed by atoms with Crippen LogP contribution in [0.5, 0.6) is 5.75 Å². The van der Waals surface area contributed by atoms with Crippen LogP contribution in [-0.4, -0.2) is 68.1 Å². The Hall–Kier alpha value is -1.30. The Balaban J connectivity index is 0.00000218. The van der Waals surface area contributed by atoms with Crippen LogP contribution < -0.4 is 10.1 Å². The Kier molecular flexibility index (Phi) is 6.61. The van der Waals surface area contributed by atoms with E-state index in [1.165, 1.54) is 24.8 Å². The van der Waals surface area contributed by atoms with Gasteiger partial charge in [-0.2, -0.15) is 0 Å². The van der Waals surface area contributed by atoms with Crippen molar-refractivity contribution in [2.24, 2.45) is 17.3 Å². The van der Waals surface area contributed by atoms with Crippen molar-refractivity contribution < 1.29 is 9.53 Å². The number of halogens is 1. The smallest absolute Gasteiger partial charge is 0.229 e. The summed E-state index contributed by atoms with van der Waals surface area (Å²) >= 11 is 0. The van der Waals surface area contributed by atoms with E-state index in [4.69, 9.17) is 4.74 Å². The molecule has 1 aromatic carbocycles. The Morgan fingerprint density at radius 1 is 1.20 bits per heavy atom. The number of benzene rings is 1. The minimum atomic E-state index is -0.187. The van der Waals surface area contributed by atoms with Crippen molar-refractivity contribution in [1.82, 2.24) is 15.1 Å². The molecule has 4 aliphatic rings. The molecule has 2 saturated heterocycles. The maximum Gasteiger partial charge on any atom is 0.229 e. The molecule has 0 aromatic heterocycles. The summed E-state index contributed by atoms with van der Waals surface area (Å²) < 4.78 is 5.45. The summed E-state index contributed by atoms with van der Waals surface area (Å²) in [6.07, 6.45) is 6.90. The Morgan fingerprint density at radius 3 is 2.73 bits per heavy atom. The zero-order valence-electron chi connectivity index (χ0n) is 18.1. The molecule has 4 atom stereocenters. The van der Waals surface area contributed by atoms with Crippen LogP contribution in [0.4, 0.5) is 0 Å². The molecule has 166 valence electrons. The van der Waals surface area contributed by atoms with E-state index < -0.39 is 0 Å². The molecule has 30 heavy (non-hydrogen) atoms. The van der Waals surface area contributed by atoms with E-state index in [0.717, 1.165) is 70.2 Å². The van der Waals surface area contributed by atoms with E-state index in [0.29, 0.717) is 17.9 Å². The predicted molar refractivity (Wildman–Crippen MR) is 121 cm³/mol. The molecule has 2 bridgehead atoms. The number of nitrogens with zero attached hydrogens (tertiary/aromatic N) is 2. The predicted octanol–water partition coefficient (Wildman–Crippen LogP) is 2.97. The number of piperazine rings is 1. The van der Waals surface area contributed by atoms with Crippen molar-refractivity contribution in [3.8, 4) is 5.75 Å². The van der Waals surface area contributed by atoms with Crippen LogP contribution in [0.25, 0.3) is 0 Å². The molecule has 2 heterocycles. The summed E-state index contributed by atoms with van der Waals surface area (Å²) in [5.41, 5.74) is 1.07. The summed E-state index contributed by atoms with van der Waals surface area (Å²) in [5.74, 6) is 2.66. The largest absolute Gasteiger partial charge is 0.497 e. The lowest BCUT2D eigenvalue weighted by molar-refractivity contribution is -0.144. The van der Waals surface area contributed by atoms with Gasteiger partial charge in [0.2, 0.25) is 5.91 Å². The number of amides is 1. The van der Waals surface area contributed by atoms with Crippen molar-refractivity contribution >= 4 is 18.3 Å². The highest BCUT2D eigenvalue weighted by Crippen LogP contribution is 2.58. The monoisotopic (exact) mass is 433 g/mol. The second-order valence-electron chi connectivity index (χ2n) is 9.74. The topological polar surface area (TPSA) is 44.8 Å². The fourth-order valence-electron chi connectivity index (χ4n) is 6.73. The Morgan fingerprint density at radius 2 is 2.03 bits per heavy atom. The van der Waals surface area contributed by atoms with Gasteiger partial charge < -0.3 is 15.0 Å². The van der Waals surface area contributed by atoms with Crippen molar-refractivity contribution in [2.45, 2.75) is 44.6 Å². The maximum atomic E-state index is 14.0. The number of carbonyl (C=O) groups is 1. The molecule has 0 radical (unpaired) electrons. The summed E-state index contributed by atoms with van der Waals surface area (Å²) in [6, 6.07) is 8.92. The number of hydrogen-bond donors (Lipinski definition) is 1. The highest BCUT2D eigenvalue weighted by atomic mass is 35.5. The fourth-order valence-corrected chi connectivity index (χ4v) is 6.73. The van der Waals surface area contributed by atoms with Gasteiger partial charge in [0.05, 0.1) is 12.5 Å². The van der Waals surface area contributed by atoms with Gasteiger partial charge in [0.15, 0.2) is 0 Å². The van der Waals surface area contributed by atoms with Crippen LogP contribution in [0.1, 0.15) is 37.7 Å². The molecular formula is C24H36ClN3O2. The summed E-state index contributed by atoms with van der Waals surface area (Å²) in [4.78, 5) is 18.8. The van der Waals surface area contributed by atoms with E-state index in [2.05, 4.69) is 33.3 Å². The summed E-state index contributed by atoms with van der Waals surface area (Å²) in [5, 5.41) is 3.45. The number of fused-ring (bicyclic) bond motifs is 2. The number of ether oxygens (including phenoxy) is 1. The zero-order chi connectivity index (χ0) is 19.8. The Labute approximate surface area is 186 Å². The fraction of sp³-hybridized carbons (Fsp3) is 0.708. The average molecular weight is 434 g/mol. The van der Waals surface area contributed by atoms with Crippen molar-refractivity contribution in [3.05, 3.63) is 29.8 Å². The van der Waals surface area contributed by atoms with Gasteiger partial charge in [0, 0.05) is 45.3 Å². The number of rotatable bonds is 5. The van der Waals surface area contributed by atoms with Gasteiger partial charge in [-0.25, -0.2) is 0 Å². The van der Waals surface area contributed by atoms with E-state index in [9.17, 15) is 4.79 Å². The van der Waals surface area contributed by atoms with Crippen LogP contribution >= 0.6 is 12.4 Å². The summed E-state index contributed by atoms with van der Waals surface area (Å²) in [6.45, 7) is 6.25. The molecule has 0 spiro atoms. The first-order valence-corrected chi connectivity index (χ1v) is 11.5. The third-order valence-corrected chi connectivity index (χ3v) is 8.17. The molecule has 2 aliphatic carbocycles. The van der Waals surface area contributed by atoms with E-state index in [1.807, 2.05) is 6.07 Å². The van der Waals surface area contributed by atoms with Crippen molar-refractivity contribution in [2.75, 3.05) is 46.4 Å². The SMILES string of the molecule is COc1cccc(CC2(C(=O)N3CCC(N4CCNCC4)C3)CC3CCC2C3)c1.Cl. The first-order valence-electron chi connectivity index (χ1n) is 11.5. The molecule has 1 aromatic rings. The molecule has 1 amide bonds. The molecular weight excluding hydrogens is 398 g/mol. The molecule has 5 nitrogen and oxygen atoms in total. The molecule has 5 rings (SSSR count). The number of likely N-dealkylation sites (tertiary alicyclic amines) is 1. The minimum absolute atomic E-state index is 0. The number of nitrogens with one attached hydrogen (secondary N) is 1. The number of hydrogen-bond acceptors (Lipinski definition) is 4. The van der Waals surface area contributed by atoms with E-state index >= 15 is 0 Å². The standard InChI is InChI=1S/C24H35N3O2.ClH/c1-29-22-4-2-3-18(14-22)15-24(16-19-5-6-20(24)13-19)23(28)27-10-7-21(17-27)26-11-8-25-9-12-26;/h2-4,14,19-21,25H,5-13,15-17H2,1H3;1H. The molecule has 4 unspecified atom stereocenters. The van der Waals surface area contributed by atoms with Crippen LogP contribution in [0, 0.1) is 17.3 Å². The minimum Gasteiger partial charge on any atom is -0.497 e. The van der Waals surface area contributed by atoms with Crippen LogP contribution in [0.3, 0.4) is 0 Å². The lowest BCUT2D eigenvalue weighted by Gasteiger charge is -2.40. The van der Waals surface area contributed by atoms with Crippen LogP contribution in [0.2, 0.25) is 0 Å². The number of methoxy groups -OCH3 is 1. The highest BCUT2D eigenvalue weighted by Gasteiger charge is 2.56. The average Bonchev–Trinajstić information content (AvgIpc) is 3.50. The summed E-state index contributed by atoms with van der Waals surface area (Å²) in [7, 11) is 1.72. The maximum absolute atomic E-state index is 14.0. The number of carbonyl (C=O) groups excluding carboxylic acids is 1. The molecule has 6 heteroatoms. The quantitative estimate of drug-likeness (QED) is 0.775. The van der Waals surface area contributed by atoms with Crippen LogP contribution in [0.15, 0.2) is 24.3 Å². The van der Waals surface area contributed by atoms with Gasteiger partial charge in [-0.05, 0) is 61.6 Å². The molecule has 2 aliphatic heterocycles. The van der Waals surface area contributed by atoms with Gasteiger partial charge in [-0.1, -0.05) is 18.6 Å². The van der Waals surface area contributed by atoms with Crippen molar-refractivity contribution in [1.29, 1.82) is 0 Å². The van der Waals surface area contributed by atoms with Gasteiger partial charge in [-0.15, -0.1) is 12.4 Å². The van der Waals surface area contributed by atoms with Crippen LogP contribution in [-0.2, 0) is 11.2 Å². The van der Waals surface area contributed by atoms with Gasteiger partial charge in [-0.3, -0.25) is 9.69 Å². The third kappa shape index (κ3) is 3.96. The lowest BCUT2D eigenvalue weighted by Crippen LogP contribution is -2.51. The molecule has 4 fully saturated rings. The third-order valence-electron chi connectivity index (χ3n) is 8.17. The second kappa shape index (κ2) is 9.05. The van der Waals surface area contributed by atoms with Gasteiger partial charge in [0.1, 0.15) is 5.75 Å². The van der Waals surface area contributed by atoms with E-state index in [1.54, 1.807) is 7.11 Å². The first-order chi connectivity index (χ1) is 14.2. The first kappa shape index (κ1) is 21.9. The van der Waals surface area contributed by atoms with Crippen molar-refractivity contribution in [3.63, 3.8) is 0 Å². The second-order valence-corrected chi connectivity index (χ2v) is 9.74. The Bertz CT molecular complexity index is 754. The normalized spacial score (nSPS) is 33.5. The van der Waals surface area contributed by atoms with Gasteiger partial charge in [0.25, 0.3) is 0 Å². The van der Waals surface area contributed by atoms with E-state index in [-0.39, 0.29) is 17.8 Å². The van der Waals surface area contributed by atoms with Gasteiger partial charge >= 0.3 is 0 Å². The lowest BCUT2D eigenvalue weighted by atomic mass is 9.68. The highest BCUT2D eigenvalue weighted by molar-refractivity contribution is 5.85. The molecule has 1 N–H and O–H groups in total. The zero-order valence-corrected chi connectivity index (χ0v) is 19.0.